The Morgan fingerprint density at radius 1 is 0.611 bits per heavy atom. The van der Waals surface area contributed by atoms with Crippen LogP contribution in [0.5, 0.6) is 0 Å². The molecule has 0 aromatic heterocycles. The van der Waals surface area contributed by atoms with Crippen LogP contribution >= 0.6 is 0 Å². The van der Waals surface area contributed by atoms with E-state index in [-0.39, 0.29) is 0 Å². The molecule has 18 heavy (non-hydrogen) atoms. The molecule has 2 heteroatoms. The highest BCUT2D eigenvalue weighted by atomic mass is 14.5. The molecule has 0 fully saturated rings. The monoisotopic (exact) mass is 240 g/mol. The van der Waals surface area contributed by atoms with Gasteiger partial charge in [-0.15, -0.1) is 0 Å². The van der Waals surface area contributed by atoms with Crippen LogP contribution in [-0.4, -0.2) is 0 Å². The molecule has 0 aliphatic rings. The van der Waals surface area contributed by atoms with E-state index in [1.807, 2.05) is 24.3 Å². The van der Waals surface area contributed by atoms with Crippen molar-refractivity contribution in [2.24, 2.45) is 0 Å². The summed E-state index contributed by atoms with van der Waals surface area (Å²) >= 11 is 0. The Hall–Kier alpha value is -1.96. The molecule has 2 nitrogen and oxygen atoms in total. The largest absolute Gasteiger partial charge is 0.399 e. The highest BCUT2D eigenvalue weighted by Crippen LogP contribution is 2.32. The first-order valence-electron chi connectivity index (χ1n) is 6.29. The van der Waals surface area contributed by atoms with E-state index >= 15 is 0 Å². The lowest BCUT2D eigenvalue weighted by Crippen LogP contribution is -2.05. The third-order valence-corrected chi connectivity index (χ3v) is 3.67. The second-order valence-corrected chi connectivity index (χ2v) is 4.91. The summed E-state index contributed by atoms with van der Waals surface area (Å²) in [5.74, 6) is 0.906. The first kappa shape index (κ1) is 12.5. The average molecular weight is 240 g/mol. The van der Waals surface area contributed by atoms with Gasteiger partial charge in [0.2, 0.25) is 0 Å². The summed E-state index contributed by atoms with van der Waals surface area (Å²) in [7, 11) is 0. The van der Waals surface area contributed by atoms with Crippen molar-refractivity contribution in [1.29, 1.82) is 0 Å². The van der Waals surface area contributed by atoms with Crippen molar-refractivity contribution in [3.05, 3.63) is 59.7 Å². The van der Waals surface area contributed by atoms with Gasteiger partial charge >= 0.3 is 0 Å². The Balaban J connectivity index is 2.20. The molecule has 94 valence electrons. The third kappa shape index (κ3) is 2.65. The second-order valence-electron chi connectivity index (χ2n) is 4.91. The van der Waals surface area contributed by atoms with Crippen LogP contribution in [0.3, 0.4) is 0 Å². The molecule has 0 radical (unpaired) electrons. The van der Waals surface area contributed by atoms with Crippen LogP contribution in [0, 0.1) is 0 Å². The van der Waals surface area contributed by atoms with E-state index in [4.69, 9.17) is 11.5 Å². The minimum Gasteiger partial charge on any atom is -0.399 e. The Labute approximate surface area is 109 Å². The Kier molecular flexibility index (Phi) is 3.56. The molecule has 0 aliphatic carbocycles. The van der Waals surface area contributed by atoms with Gasteiger partial charge in [0.15, 0.2) is 0 Å². The van der Waals surface area contributed by atoms with Crippen LogP contribution in [0.2, 0.25) is 0 Å². The Bertz CT molecular complexity index is 450. The lowest BCUT2D eigenvalue weighted by molar-refractivity contribution is 0.624. The molecule has 0 spiro atoms. The predicted octanol–water partition coefficient (Wildman–Crippen LogP) is 3.76. The standard InChI is InChI=1S/C16H20N2/c1-11(13-3-7-15(17)8-4-13)12(2)14-5-9-16(18)10-6-14/h3-12H,17-18H2,1-2H3. The molecular weight excluding hydrogens is 220 g/mol. The van der Waals surface area contributed by atoms with Gasteiger partial charge in [-0.1, -0.05) is 38.1 Å². The van der Waals surface area contributed by atoms with Gasteiger partial charge in [0.1, 0.15) is 0 Å². The molecule has 0 bridgehead atoms. The summed E-state index contributed by atoms with van der Waals surface area (Å²) in [4.78, 5) is 0. The zero-order chi connectivity index (χ0) is 13.1. The van der Waals surface area contributed by atoms with E-state index in [0.717, 1.165) is 11.4 Å². The first-order chi connectivity index (χ1) is 8.58. The van der Waals surface area contributed by atoms with Gasteiger partial charge < -0.3 is 11.5 Å². The highest BCUT2D eigenvalue weighted by Gasteiger charge is 2.15. The fourth-order valence-corrected chi connectivity index (χ4v) is 2.18. The van der Waals surface area contributed by atoms with Gasteiger partial charge in [-0.05, 0) is 47.2 Å². The third-order valence-electron chi connectivity index (χ3n) is 3.67. The second kappa shape index (κ2) is 5.13. The van der Waals surface area contributed by atoms with E-state index in [2.05, 4.69) is 38.1 Å². The smallest absolute Gasteiger partial charge is 0.0314 e. The fraction of sp³-hybridized carbons (Fsp3) is 0.250. The van der Waals surface area contributed by atoms with E-state index in [1.54, 1.807) is 0 Å². The molecule has 2 atom stereocenters. The zero-order valence-corrected chi connectivity index (χ0v) is 10.9. The maximum atomic E-state index is 5.72. The molecule has 4 N–H and O–H groups in total. The quantitative estimate of drug-likeness (QED) is 0.803. The predicted molar refractivity (Wildman–Crippen MR) is 78.5 cm³/mol. The van der Waals surface area contributed by atoms with Crippen LogP contribution in [-0.2, 0) is 0 Å². The normalized spacial score (nSPS) is 14.1. The van der Waals surface area contributed by atoms with E-state index < -0.39 is 0 Å². The molecule has 0 amide bonds. The van der Waals surface area contributed by atoms with Gasteiger partial charge in [0.05, 0.1) is 0 Å². The van der Waals surface area contributed by atoms with Gasteiger partial charge in [-0.3, -0.25) is 0 Å². The molecule has 0 heterocycles. The number of hydrogen-bond acceptors (Lipinski definition) is 2. The van der Waals surface area contributed by atoms with Gasteiger partial charge in [0.25, 0.3) is 0 Å². The number of nitrogen functional groups attached to an aromatic ring is 2. The zero-order valence-electron chi connectivity index (χ0n) is 10.9. The van der Waals surface area contributed by atoms with Crippen molar-refractivity contribution in [3.63, 3.8) is 0 Å². The average Bonchev–Trinajstić information content (AvgIpc) is 2.39. The van der Waals surface area contributed by atoms with Crippen molar-refractivity contribution >= 4 is 11.4 Å². The van der Waals surface area contributed by atoms with Gasteiger partial charge in [-0.2, -0.15) is 0 Å². The maximum Gasteiger partial charge on any atom is 0.0314 e. The summed E-state index contributed by atoms with van der Waals surface area (Å²) in [6.45, 7) is 4.49. The molecule has 0 saturated heterocycles. The SMILES string of the molecule is CC(c1ccc(N)cc1)C(C)c1ccc(N)cc1. The van der Waals surface area contributed by atoms with E-state index in [0.29, 0.717) is 11.8 Å². The number of nitrogens with two attached hydrogens (primary N) is 2. The van der Waals surface area contributed by atoms with Crippen LogP contribution in [0.25, 0.3) is 0 Å². The van der Waals surface area contributed by atoms with Crippen LogP contribution in [0.1, 0.15) is 36.8 Å². The van der Waals surface area contributed by atoms with Gasteiger partial charge in [0, 0.05) is 11.4 Å². The van der Waals surface area contributed by atoms with Crippen LogP contribution in [0.4, 0.5) is 11.4 Å². The minimum absolute atomic E-state index is 0.453. The van der Waals surface area contributed by atoms with Crippen molar-refractivity contribution < 1.29 is 0 Å². The lowest BCUT2D eigenvalue weighted by atomic mass is 9.84. The van der Waals surface area contributed by atoms with E-state index in [1.165, 1.54) is 11.1 Å². The maximum absolute atomic E-state index is 5.72. The lowest BCUT2D eigenvalue weighted by Gasteiger charge is -2.21. The molecule has 2 unspecified atom stereocenters. The summed E-state index contributed by atoms with van der Waals surface area (Å²) in [5, 5.41) is 0. The number of anilines is 2. The van der Waals surface area contributed by atoms with E-state index in [9.17, 15) is 0 Å². The summed E-state index contributed by atoms with van der Waals surface area (Å²) in [6.07, 6.45) is 0. The number of rotatable bonds is 3. The molecule has 2 rings (SSSR count). The van der Waals surface area contributed by atoms with Crippen molar-refractivity contribution in [2.75, 3.05) is 11.5 Å². The molecule has 2 aromatic rings. The highest BCUT2D eigenvalue weighted by molar-refractivity contribution is 5.43. The van der Waals surface area contributed by atoms with Crippen molar-refractivity contribution in [2.45, 2.75) is 25.7 Å². The van der Waals surface area contributed by atoms with Crippen LogP contribution in [0.15, 0.2) is 48.5 Å². The molecule has 2 aromatic carbocycles. The fourth-order valence-electron chi connectivity index (χ4n) is 2.18. The molecular formula is C16H20N2. The van der Waals surface area contributed by atoms with Crippen LogP contribution < -0.4 is 11.5 Å². The topological polar surface area (TPSA) is 52.0 Å². The Morgan fingerprint density at radius 3 is 1.17 bits per heavy atom. The van der Waals surface area contributed by atoms with Crippen molar-refractivity contribution in [3.8, 4) is 0 Å². The van der Waals surface area contributed by atoms with Gasteiger partial charge in [-0.25, -0.2) is 0 Å². The van der Waals surface area contributed by atoms with Crippen molar-refractivity contribution in [1.82, 2.24) is 0 Å². The summed E-state index contributed by atoms with van der Waals surface area (Å²) in [6, 6.07) is 16.3. The molecule has 0 saturated carbocycles. The number of benzene rings is 2. The summed E-state index contributed by atoms with van der Waals surface area (Å²) < 4.78 is 0. The Morgan fingerprint density at radius 2 is 0.889 bits per heavy atom. The number of hydrogen-bond donors (Lipinski definition) is 2. The minimum atomic E-state index is 0.453. The summed E-state index contributed by atoms with van der Waals surface area (Å²) in [5.41, 5.74) is 15.7. The molecule has 0 aliphatic heterocycles. The first-order valence-corrected chi connectivity index (χ1v) is 6.29.